The monoisotopic (exact) mass is 317 g/mol. The first-order valence-electron chi connectivity index (χ1n) is 8.75. The Bertz CT molecular complexity index is 586. The van der Waals surface area contributed by atoms with Crippen molar-refractivity contribution in [2.45, 2.75) is 39.2 Å². The minimum atomic E-state index is -0.186. The Balaban J connectivity index is 1.62. The maximum absolute atomic E-state index is 12.4. The van der Waals surface area contributed by atoms with Crippen molar-refractivity contribution in [1.82, 2.24) is 15.2 Å². The van der Waals surface area contributed by atoms with Crippen molar-refractivity contribution < 1.29 is 4.79 Å². The summed E-state index contributed by atoms with van der Waals surface area (Å²) < 4.78 is 0. The molecule has 1 aromatic heterocycles. The fraction of sp³-hybridized carbons (Fsp3) is 0.667. The summed E-state index contributed by atoms with van der Waals surface area (Å²) in [5, 5.41) is 3.18. The lowest BCUT2D eigenvalue weighted by molar-refractivity contribution is 0.0924. The number of hydrogen-bond donors (Lipinski definition) is 2. The van der Waals surface area contributed by atoms with Crippen molar-refractivity contribution in [2.75, 3.05) is 19.6 Å². The predicted molar refractivity (Wildman–Crippen MR) is 90.4 cm³/mol. The fourth-order valence-corrected chi connectivity index (χ4v) is 3.73. The molecule has 0 radical (unpaired) electrons. The van der Waals surface area contributed by atoms with E-state index in [1.165, 1.54) is 38.1 Å². The predicted octanol–water partition coefficient (Wildman–Crippen LogP) is 1.86. The van der Waals surface area contributed by atoms with Gasteiger partial charge in [0.05, 0.1) is 5.56 Å². The van der Waals surface area contributed by atoms with Gasteiger partial charge in [0.25, 0.3) is 5.91 Å². The average Bonchev–Trinajstić information content (AvgIpc) is 2.86. The molecule has 2 heterocycles. The van der Waals surface area contributed by atoms with Crippen LogP contribution in [0.2, 0.25) is 0 Å². The molecule has 126 valence electrons. The summed E-state index contributed by atoms with van der Waals surface area (Å²) in [6, 6.07) is 3.17. The lowest BCUT2D eigenvalue weighted by atomic mass is 9.85. The van der Waals surface area contributed by atoms with Crippen molar-refractivity contribution in [1.29, 1.82) is 0 Å². The smallest absolute Gasteiger partial charge is 0.253 e. The van der Waals surface area contributed by atoms with Gasteiger partial charge in [0.15, 0.2) is 0 Å². The van der Waals surface area contributed by atoms with Crippen LogP contribution in [0.4, 0.5) is 0 Å². The summed E-state index contributed by atoms with van der Waals surface area (Å²) >= 11 is 0. The van der Waals surface area contributed by atoms with Gasteiger partial charge in [-0.05, 0) is 36.7 Å². The molecule has 0 aromatic carbocycles. The van der Waals surface area contributed by atoms with Crippen LogP contribution in [0.25, 0.3) is 0 Å². The lowest BCUT2D eigenvalue weighted by Crippen LogP contribution is -2.42. The highest BCUT2D eigenvalue weighted by atomic mass is 16.2. The van der Waals surface area contributed by atoms with Gasteiger partial charge in [-0.2, -0.15) is 0 Å². The Morgan fingerprint density at radius 2 is 2.13 bits per heavy atom. The number of pyridine rings is 1. The van der Waals surface area contributed by atoms with E-state index in [0.29, 0.717) is 17.4 Å². The van der Waals surface area contributed by atoms with Crippen LogP contribution < -0.4 is 10.9 Å². The molecule has 1 saturated carbocycles. The van der Waals surface area contributed by atoms with Gasteiger partial charge in [0.2, 0.25) is 5.56 Å². The number of carbonyl (C=O) groups is 1. The molecule has 23 heavy (non-hydrogen) atoms. The first-order valence-corrected chi connectivity index (χ1v) is 8.75. The second-order valence-corrected chi connectivity index (χ2v) is 7.44. The zero-order valence-corrected chi connectivity index (χ0v) is 14.0. The molecule has 0 spiro atoms. The number of likely N-dealkylation sites (tertiary alicyclic amines) is 1. The van der Waals surface area contributed by atoms with Crippen molar-refractivity contribution >= 4 is 5.91 Å². The zero-order valence-electron chi connectivity index (χ0n) is 14.0. The molecule has 1 aliphatic carbocycles. The first-order chi connectivity index (χ1) is 11.0. The summed E-state index contributed by atoms with van der Waals surface area (Å²) in [4.78, 5) is 28.6. The summed E-state index contributed by atoms with van der Waals surface area (Å²) in [6.45, 7) is 7.65. The maximum atomic E-state index is 12.4. The second-order valence-electron chi connectivity index (χ2n) is 7.44. The third-order valence-electron chi connectivity index (χ3n) is 5.40. The molecule has 1 aromatic rings. The molecule has 2 N–H and O–H groups in total. The number of hydrogen-bond acceptors (Lipinski definition) is 3. The Kier molecular flexibility index (Phi) is 4.85. The number of nitrogens with one attached hydrogen (secondary N) is 2. The van der Waals surface area contributed by atoms with Gasteiger partial charge < -0.3 is 15.2 Å². The van der Waals surface area contributed by atoms with Crippen molar-refractivity contribution in [3.05, 3.63) is 34.2 Å². The molecule has 2 fully saturated rings. The molecule has 1 saturated heterocycles. The maximum Gasteiger partial charge on any atom is 0.253 e. The number of H-pyrrole nitrogens is 1. The largest absolute Gasteiger partial charge is 0.348 e. The summed E-state index contributed by atoms with van der Waals surface area (Å²) in [5.74, 6) is 1.79. The highest BCUT2D eigenvalue weighted by Gasteiger charge is 2.36. The van der Waals surface area contributed by atoms with Crippen LogP contribution >= 0.6 is 0 Å². The molecule has 3 rings (SSSR count). The van der Waals surface area contributed by atoms with Gasteiger partial charge in [-0.25, -0.2) is 0 Å². The van der Waals surface area contributed by atoms with Gasteiger partial charge in [-0.3, -0.25) is 9.59 Å². The summed E-state index contributed by atoms with van der Waals surface area (Å²) in [6.07, 6.45) is 5.58. The number of nitrogens with zero attached hydrogens (tertiary/aromatic N) is 1. The number of aromatic amines is 1. The van der Waals surface area contributed by atoms with E-state index in [4.69, 9.17) is 0 Å². The SMILES string of the molecule is CC(C)C1CN(CC2CCC2)CC1NC(=O)c1ccc(=O)[nH]c1. The first kappa shape index (κ1) is 16.2. The van der Waals surface area contributed by atoms with Gasteiger partial charge >= 0.3 is 0 Å². The van der Waals surface area contributed by atoms with Gasteiger partial charge in [0, 0.05) is 37.9 Å². The fourth-order valence-electron chi connectivity index (χ4n) is 3.73. The van der Waals surface area contributed by atoms with E-state index in [-0.39, 0.29) is 17.5 Å². The van der Waals surface area contributed by atoms with Gasteiger partial charge in [-0.15, -0.1) is 0 Å². The molecule has 2 atom stereocenters. The Labute approximate surface area is 137 Å². The van der Waals surface area contributed by atoms with Crippen molar-refractivity contribution in [3.8, 4) is 0 Å². The van der Waals surface area contributed by atoms with E-state index in [1.54, 1.807) is 6.07 Å². The van der Waals surface area contributed by atoms with Crippen LogP contribution in [-0.4, -0.2) is 41.5 Å². The molecule has 1 amide bonds. The van der Waals surface area contributed by atoms with Crippen LogP contribution in [0.5, 0.6) is 0 Å². The van der Waals surface area contributed by atoms with Crippen LogP contribution in [0.3, 0.4) is 0 Å². The molecule has 5 nitrogen and oxygen atoms in total. The van der Waals surface area contributed by atoms with E-state index >= 15 is 0 Å². The number of rotatable bonds is 5. The number of aromatic nitrogens is 1. The van der Waals surface area contributed by atoms with Crippen LogP contribution in [0.15, 0.2) is 23.1 Å². The van der Waals surface area contributed by atoms with E-state index in [2.05, 4.69) is 29.0 Å². The molecule has 5 heteroatoms. The van der Waals surface area contributed by atoms with Crippen LogP contribution in [0.1, 0.15) is 43.5 Å². The third-order valence-corrected chi connectivity index (χ3v) is 5.40. The summed E-state index contributed by atoms with van der Waals surface area (Å²) in [7, 11) is 0. The van der Waals surface area contributed by atoms with Crippen LogP contribution in [-0.2, 0) is 0 Å². The van der Waals surface area contributed by atoms with E-state index in [9.17, 15) is 9.59 Å². The average molecular weight is 317 g/mol. The summed E-state index contributed by atoms with van der Waals surface area (Å²) in [5.41, 5.74) is 0.332. The number of amides is 1. The Hall–Kier alpha value is -1.62. The van der Waals surface area contributed by atoms with E-state index in [1.807, 2.05) is 0 Å². The minimum absolute atomic E-state index is 0.0950. The minimum Gasteiger partial charge on any atom is -0.348 e. The normalized spacial score (nSPS) is 25.5. The van der Waals surface area contributed by atoms with Crippen LogP contribution in [0, 0.1) is 17.8 Å². The Morgan fingerprint density at radius 1 is 1.35 bits per heavy atom. The topological polar surface area (TPSA) is 65.2 Å². The van der Waals surface area contributed by atoms with E-state index < -0.39 is 0 Å². The Morgan fingerprint density at radius 3 is 2.70 bits per heavy atom. The highest BCUT2D eigenvalue weighted by molar-refractivity contribution is 5.94. The van der Waals surface area contributed by atoms with Gasteiger partial charge in [0.1, 0.15) is 0 Å². The standard InChI is InChI=1S/C18H27N3O2/c1-12(2)15-10-21(9-13-4-3-5-13)11-16(15)20-18(23)14-6-7-17(22)19-8-14/h6-8,12-13,15-16H,3-5,9-11H2,1-2H3,(H,19,22)(H,20,23). The molecule has 0 bridgehead atoms. The van der Waals surface area contributed by atoms with E-state index in [0.717, 1.165) is 19.0 Å². The quantitative estimate of drug-likeness (QED) is 0.871. The molecular formula is C18H27N3O2. The molecule has 1 aliphatic heterocycles. The molecule has 2 unspecified atom stereocenters. The highest BCUT2D eigenvalue weighted by Crippen LogP contribution is 2.31. The number of carbonyl (C=O) groups excluding carboxylic acids is 1. The van der Waals surface area contributed by atoms with Crippen molar-refractivity contribution in [3.63, 3.8) is 0 Å². The third kappa shape index (κ3) is 3.83. The molecular weight excluding hydrogens is 290 g/mol. The zero-order chi connectivity index (χ0) is 16.4. The molecule has 2 aliphatic rings. The second kappa shape index (κ2) is 6.87. The van der Waals surface area contributed by atoms with Crippen molar-refractivity contribution in [2.24, 2.45) is 17.8 Å². The lowest BCUT2D eigenvalue weighted by Gasteiger charge is -2.30. The van der Waals surface area contributed by atoms with Gasteiger partial charge in [-0.1, -0.05) is 20.3 Å².